The van der Waals surface area contributed by atoms with Gasteiger partial charge in [0.2, 0.25) is 6.79 Å². The largest absolute Gasteiger partial charge is 0.454 e. The summed E-state index contributed by atoms with van der Waals surface area (Å²) in [4.78, 5) is 15.0. The van der Waals surface area contributed by atoms with Crippen molar-refractivity contribution >= 4 is 28.1 Å². The highest BCUT2D eigenvalue weighted by Gasteiger charge is 2.15. The summed E-state index contributed by atoms with van der Waals surface area (Å²) in [7, 11) is 4.21. The fourth-order valence-electron chi connectivity index (χ4n) is 4.27. The maximum atomic E-state index is 12.7. The van der Waals surface area contributed by atoms with Gasteiger partial charge in [-0.05, 0) is 93.3 Å². The van der Waals surface area contributed by atoms with Crippen LogP contribution in [0, 0.1) is 0 Å². The van der Waals surface area contributed by atoms with Crippen molar-refractivity contribution < 1.29 is 14.3 Å². The van der Waals surface area contributed by atoms with E-state index in [9.17, 15) is 4.79 Å². The molecule has 6 nitrogen and oxygen atoms in total. The molecule has 1 N–H and O–H groups in total. The summed E-state index contributed by atoms with van der Waals surface area (Å²) in [6, 6.07) is 21.9. The summed E-state index contributed by atoms with van der Waals surface area (Å²) in [5.74, 6) is 1.50. The molecule has 5 rings (SSSR count). The fourth-order valence-corrected chi connectivity index (χ4v) is 4.27. The predicted octanol–water partition coefficient (Wildman–Crippen LogP) is 5.49. The number of ketones is 1. The number of nitrogens with one attached hydrogen (secondary N) is 1. The van der Waals surface area contributed by atoms with Crippen molar-refractivity contribution in [1.29, 1.82) is 0 Å². The van der Waals surface area contributed by atoms with Gasteiger partial charge in [0, 0.05) is 47.0 Å². The minimum absolute atomic E-state index is 0.0717. The van der Waals surface area contributed by atoms with Gasteiger partial charge in [-0.3, -0.25) is 4.79 Å². The monoisotopic (exact) mass is 455 g/mol. The first-order chi connectivity index (χ1) is 16.5. The lowest BCUT2D eigenvalue weighted by atomic mass is 10.0. The molecule has 2 heterocycles. The molecule has 0 atom stereocenters. The van der Waals surface area contributed by atoms with Crippen molar-refractivity contribution in [2.24, 2.45) is 0 Å². The molecule has 0 saturated carbocycles. The molecule has 0 saturated heterocycles. The number of carbonyl (C=O) groups excluding carboxylic acids is 1. The molecule has 0 fully saturated rings. The van der Waals surface area contributed by atoms with Gasteiger partial charge in [-0.15, -0.1) is 0 Å². The van der Waals surface area contributed by atoms with Gasteiger partial charge in [-0.25, -0.2) is 0 Å². The number of ether oxygens (including phenoxy) is 2. The quantitative estimate of drug-likeness (QED) is 0.338. The average molecular weight is 456 g/mol. The minimum atomic E-state index is 0.0717. The second-order valence-electron chi connectivity index (χ2n) is 8.93. The summed E-state index contributed by atoms with van der Waals surface area (Å²) in [6.07, 6.45) is 3.60. The Morgan fingerprint density at radius 2 is 1.74 bits per heavy atom. The van der Waals surface area contributed by atoms with Crippen LogP contribution in [0.25, 0.3) is 10.9 Å². The lowest BCUT2D eigenvalue weighted by Gasteiger charge is -2.11. The number of anilines is 2. The summed E-state index contributed by atoms with van der Waals surface area (Å²) in [5.41, 5.74) is 4.82. The molecule has 1 aliphatic rings. The zero-order valence-corrected chi connectivity index (χ0v) is 19.6. The number of benzene rings is 3. The number of nitrogens with zero attached hydrogens (tertiary/aromatic N) is 2. The van der Waals surface area contributed by atoms with Crippen molar-refractivity contribution in [3.8, 4) is 11.5 Å². The lowest BCUT2D eigenvalue weighted by Crippen LogP contribution is -2.14. The first kappa shape index (κ1) is 22.0. The number of aryl methyl sites for hydroxylation is 1. The fraction of sp³-hybridized carbons (Fsp3) is 0.250. The Kier molecular flexibility index (Phi) is 6.23. The molecule has 0 aliphatic carbocycles. The van der Waals surface area contributed by atoms with Crippen molar-refractivity contribution in [1.82, 2.24) is 9.47 Å². The van der Waals surface area contributed by atoms with Crippen LogP contribution in [-0.4, -0.2) is 42.7 Å². The standard InChI is InChI=1S/C28H29N3O3/c1-30(2)13-3-14-31-15-12-22-18-24(9-10-25(22)31)29-23-7-5-21(6-8-23)26(32)16-20-4-11-27-28(17-20)34-19-33-27/h4-12,15,17-18,29H,3,13-14,16,19H2,1-2H3. The van der Waals surface area contributed by atoms with Gasteiger partial charge in [0.1, 0.15) is 0 Å². The van der Waals surface area contributed by atoms with Crippen LogP contribution in [0.4, 0.5) is 11.4 Å². The highest BCUT2D eigenvalue weighted by atomic mass is 16.7. The summed E-state index contributed by atoms with van der Waals surface area (Å²) >= 11 is 0. The van der Waals surface area contributed by atoms with E-state index in [0.717, 1.165) is 42.2 Å². The average Bonchev–Trinajstić information content (AvgIpc) is 3.46. The van der Waals surface area contributed by atoms with E-state index in [2.05, 4.69) is 59.3 Å². The van der Waals surface area contributed by atoms with Crippen LogP contribution in [0.1, 0.15) is 22.3 Å². The van der Waals surface area contributed by atoms with Gasteiger partial charge in [-0.2, -0.15) is 0 Å². The third-order valence-corrected chi connectivity index (χ3v) is 6.07. The Morgan fingerprint density at radius 1 is 0.941 bits per heavy atom. The number of Topliss-reactive ketones (excluding diaryl/α,β-unsaturated/α-hetero) is 1. The third kappa shape index (κ3) is 4.92. The van der Waals surface area contributed by atoms with E-state index in [4.69, 9.17) is 9.47 Å². The van der Waals surface area contributed by atoms with Crippen LogP contribution in [0.3, 0.4) is 0 Å². The molecule has 0 spiro atoms. The summed E-state index contributed by atoms with van der Waals surface area (Å²) < 4.78 is 13.1. The van der Waals surface area contributed by atoms with E-state index in [1.807, 2.05) is 42.5 Å². The molecule has 3 aromatic carbocycles. The smallest absolute Gasteiger partial charge is 0.231 e. The van der Waals surface area contributed by atoms with Crippen LogP contribution >= 0.6 is 0 Å². The number of fused-ring (bicyclic) bond motifs is 2. The summed E-state index contributed by atoms with van der Waals surface area (Å²) in [6.45, 7) is 2.32. The van der Waals surface area contributed by atoms with E-state index in [1.54, 1.807) is 0 Å². The second-order valence-corrected chi connectivity index (χ2v) is 8.93. The summed E-state index contributed by atoms with van der Waals surface area (Å²) in [5, 5.41) is 4.66. The van der Waals surface area contributed by atoms with Gasteiger partial charge in [0.15, 0.2) is 17.3 Å². The molecular formula is C28H29N3O3. The Labute approximate surface area is 199 Å². The van der Waals surface area contributed by atoms with Crippen LogP contribution in [-0.2, 0) is 13.0 Å². The number of carbonyl (C=O) groups is 1. The molecule has 174 valence electrons. The van der Waals surface area contributed by atoms with Gasteiger partial charge < -0.3 is 24.3 Å². The van der Waals surface area contributed by atoms with E-state index < -0.39 is 0 Å². The number of hydrogen-bond donors (Lipinski definition) is 1. The van der Waals surface area contributed by atoms with Crippen LogP contribution in [0.5, 0.6) is 11.5 Å². The molecule has 0 radical (unpaired) electrons. The Bertz CT molecular complexity index is 1310. The van der Waals surface area contributed by atoms with Gasteiger partial charge in [0.05, 0.1) is 0 Å². The third-order valence-electron chi connectivity index (χ3n) is 6.07. The lowest BCUT2D eigenvalue weighted by molar-refractivity contribution is 0.0993. The number of hydrogen-bond acceptors (Lipinski definition) is 5. The second kappa shape index (κ2) is 9.61. The molecule has 1 aliphatic heterocycles. The van der Waals surface area contributed by atoms with E-state index in [-0.39, 0.29) is 12.6 Å². The topological polar surface area (TPSA) is 55.7 Å². The van der Waals surface area contributed by atoms with Crippen molar-refractivity contribution in [3.63, 3.8) is 0 Å². The van der Waals surface area contributed by atoms with Crippen LogP contribution in [0.2, 0.25) is 0 Å². The highest BCUT2D eigenvalue weighted by Crippen LogP contribution is 2.33. The first-order valence-electron chi connectivity index (χ1n) is 11.6. The molecule has 0 amide bonds. The molecule has 0 unspecified atom stereocenters. The van der Waals surface area contributed by atoms with E-state index in [0.29, 0.717) is 17.7 Å². The van der Waals surface area contributed by atoms with Gasteiger partial charge in [0.25, 0.3) is 0 Å². The van der Waals surface area contributed by atoms with Gasteiger partial charge >= 0.3 is 0 Å². The zero-order valence-electron chi connectivity index (χ0n) is 19.6. The Morgan fingerprint density at radius 3 is 2.56 bits per heavy atom. The zero-order chi connectivity index (χ0) is 23.5. The minimum Gasteiger partial charge on any atom is -0.454 e. The maximum absolute atomic E-state index is 12.7. The van der Waals surface area contributed by atoms with Gasteiger partial charge in [-0.1, -0.05) is 6.07 Å². The van der Waals surface area contributed by atoms with Crippen LogP contribution in [0.15, 0.2) is 72.9 Å². The maximum Gasteiger partial charge on any atom is 0.231 e. The Balaban J connectivity index is 1.22. The normalized spacial score (nSPS) is 12.4. The Hall–Kier alpha value is -3.77. The van der Waals surface area contributed by atoms with Crippen molar-refractivity contribution in [3.05, 3.63) is 84.1 Å². The van der Waals surface area contributed by atoms with Crippen molar-refractivity contribution in [2.45, 2.75) is 19.4 Å². The van der Waals surface area contributed by atoms with E-state index in [1.165, 1.54) is 10.9 Å². The molecule has 34 heavy (non-hydrogen) atoms. The first-order valence-corrected chi connectivity index (χ1v) is 11.6. The molecule has 0 bridgehead atoms. The number of aromatic nitrogens is 1. The molecule has 6 heteroatoms. The molecular weight excluding hydrogens is 426 g/mol. The van der Waals surface area contributed by atoms with E-state index >= 15 is 0 Å². The van der Waals surface area contributed by atoms with Crippen LogP contribution < -0.4 is 14.8 Å². The molecule has 4 aromatic rings. The highest BCUT2D eigenvalue weighted by molar-refractivity contribution is 5.98. The number of rotatable bonds is 9. The SMILES string of the molecule is CN(C)CCCn1ccc2cc(Nc3ccc(C(=O)Cc4ccc5c(c4)OCO5)cc3)ccc21. The predicted molar refractivity (Wildman–Crippen MR) is 135 cm³/mol. The molecule has 1 aromatic heterocycles. The van der Waals surface area contributed by atoms with Crippen molar-refractivity contribution in [2.75, 3.05) is 32.7 Å².